The molecule has 1 saturated heterocycles. The van der Waals surface area contributed by atoms with E-state index in [0.717, 1.165) is 23.3 Å². The number of morpholine rings is 1. The summed E-state index contributed by atoms with van der Waals surface area (Å²) in [7, 11) is 1.45. The molecule has 8 heteroatoms. The molecule has 3 rings (SSSR count). The predicted octanol–water partition coefficient (Wildman–Crippen LogP) is 2.09. The van der Waals surface area contributed by atoms with Crippen LogP contribution < -0.4 is 15.5 Å². The molecule has 1 fully saturated rings. The zero-order chi connectivity index (χ0) is 19.2. The Balaban J connectivity index is 1.77. The Morgan fingerprint density at radius 3 is 2.63 bits per heavy atom. The van der Waals surface area contributed by atoms with E-state index in [1.807, 2.05) is 24.3 Å². The lowest BCUT2D eigenvalue weighted by Gasteiger charge is -2.27. The molecule has 1 aromatic heterocycles. The van der Waals surface area contributed by atoms with Crippen molar-refractivity contribution >= 4 is 27.5 Å². The summed E-state index contributed by atoms with van der Waals surface area (Å²) in [6.07, 6.45) is 1.60. The summed E-state index contributed by atoms with van der Waals surface area (Å²) in [6, 6.07) is 8.91. The number of amides is 1. The first kappa shape index (κ1) is 19.6. The van der Waals surface area contributed by atoms with Gasteiger partial charge >= 0.3 is 0 Å². The molecule has 0 saturated carbocycles. The highest BCUT2D eigenvalue weighted by molar-refractivity contribution is 9.10. The zero-order valence-corrected chi connectivity index (χ0v) is 16.7. The predicted molar refractivity (Wildman–Crippen MR) is 106 cm³/mol. The summed E-state index contributed by atoms with van der Waals surface area (Å²) >= 11 is 3.37. The van der Waals surface area contributed by atoms with Gasteiger partial charge in [0.15, 0.2) is 5.75 Å². The van der Waals surface area contributed by atoms with Gasteiger partial charge in [0.1, 0.15) is 6.54 Å². The minimum Gasteiger partial charge on any atom is -0.491 e. The van der Waals surface area contributed by atoms with E-state index in [1.165, 1.54) is 7.11 Å². The lowest BCUT2D eigenvalue weighted by Crippen LogP contribution is -2.37. The van der Waals surface area contributed by atoms with Crippen molar-refractivity contribution in [2.75, 3.05) is 38.7 Å². The molecule has 1 aliphatic heterocycles. The maximum atomic E-state index is 12.5. The number of methoxy groups -OCH3 is 1. The lowest BCUT2D eigenvalue weighted by molar-refractivity contribution is -0.116. The third-order valence-electron chi connectivity index (χ3n) is 4.33. The SMILES string of the molecule is COc1cn(CC(=O)Nc2ccc(Br)cc2)c(CN2CCOCC2)cc1=O. The number of hydrogen-bond acceptors (Lipinski definition) is 5. The van der Waals surface area contributed by atoms with Crippen LogP contribution in [0, 0.1) is 0 Å². The van der Waals surface area contributed by atoms with E-state index < -0.39 is 0 Å². The number of benzene rings is 1. The van der Waals surface area contributed by atoms with Crippen LogP contribution in [0.5, 0.6) is 5.75 Å². The highest BCUT2D eigenvalue weighted by atomic mass is 79.9. The number of nitrogens with zero attached hydrogens (tertiary/aromatic N) is 2. The van der Waals surface area contributed by atoms with Gasteiger partial charge < -0.3 is 19.4 Å². The van der Waals surface area contributed by atoms with E-state index in [-0.39, 0.29) is 23.6 Å². The maximum Gasteiger partial charge on any atom is 0.244 e. The Kier molecular flexibility index (Phi) is 6.65. The number of rotatable bonds is 6. The van der Waals surface area contributed by atoms with Gasteiger partial charge in [0.2, 0.25) is 11.3 Å². The van der Waals surface area contributed by atoms with E-state index in [2.05, 4.69) is 26.1 Å². The van der Waals surface area contributed by atoms with Gasteiger partial charge in [-0.1, -0.05) is 15.9 Å². The van der Waals surface area contributed by atoms with Crippen molar-refractivity contribution in [1.29, 1.82) is 0 Å². The molecule has 1 amide bonds. The average Bonchev–Trinajstić information content (AvgIpc) is 2.66. The number of halogens is 1. The number of nitrogens with one attached hydrogen (secondary N) is 1. The molecule has 7 nitrogen and oxygen atoms in total. The molecule has 0 unspecified atom stereocenters. The molecule has 2 heterocycles. The van der Waals surface area contributed by atoms with Gasteiger partial charge in [-0.15, -0.1) is 0 Å². The summed E-state index contributed by atoms with van der Waals surface area (Å²) < 4.78 is 13.2. The summed E-state index contributed by atoms with van der Waals surface area (Å²) in [5, 5.41) is 2.87. The second kappa shape index (κ2) is 9.16. The summed E-state index contributed by atoms with van der Waals surface area (Å²) in [5.41, 5.74) is 1.30. The third-order valence-corrected chi connectivity index (χ3v) is 4.86. The Bertz CT molecular complexity index is 845. The molecule has 0 bridgehead atoms. The van der Waals surface area contributed by atoms with Crippen molar-refractivity contribution < 1.29 is 14.3 Å². The van der Waals surface area contributed by atoms with E-state index in [4.69, 9.17) is 9.47 Å². The number of ether oxygens (including phenoxy) is 2. The monoisotopic (exact) mass is 435 g/mol. The molecule has 0 radical (unpaired) electrons. The Morgan fingerprint density at radius 1 is 1.26 bits per heavy atom. The topological polar surface area (TPSA) is 72.8 Å². The first-order chi connectivity index (χ1) is 13.0. The van der Waals surface area contributed by atoms with Crippen molar-refractivity contribution in [1.82, 2.24) is 9.47 Å². The molecule has 27 heavy (non-hydrogen) atoms. The van der Waals surface area contributed by atoms with Crippen LogP contribution in [0.4, 0.5) is 5.69 Å². The lowest BCUT2D eigenvalue weighted by atomic mass is 10.2. The number of anilines is 1. The van der Waals surface area contributed by atoms with Crippen molar-refractivity contribution in [3.63, 3.8) is 0 Å². The fraction of sp³-hybridized carbons (Fsp3) is 0.368. The van der Waals surface area contributed by atoms with E-state index in [9.17, 15) is 9.59 Å². The Hall–Kier alpha value is -2.16. The average molecular weight is 436 g/mol. The number of carbonyl (C=O) groups is 1. The largest absolute Gasteiger partial charge is 0.491 e. The number of carbonyl (C=O) groups excluding carboxylic acids is 1. The summed E-state index contributed by atoms with van der Waals surface area (Å²) in [6.45, 7) is 3.60. The third kappa shape index (κ3) is 5.41. The molecule has 144 valence electrons. The first-order valence-electron chi connectivity index (χ1n) is 8.68. The van der Waals surface area contributed by atoms with Gasteiger partial charge in [0, 0.05) is 41.6 Å². The second-order valence-electron chi connectivity index (χ2n) is 6.27. The molecule has 1 N–H and O–H groups in total. The van der Waals surface area contributed by atoms with Crippen LogP contribution in [-0.4, -0.2) is 48.8 Å². The fourth-order valence-electron chi connectivity index (χ4n) is 2.91. The van der Waals surface area contributed by atoms with Gasteiger partial charge in [0.25, 0.3) is 0 Å². The van der Waals surface area contributed by atoms with E-state index in [1.54, 1.807) is 16.8 Å². The van der Waals surface area contributed by atoms with Crippen LogP contribution in [0.2, 0.25) is 0 Å². The molecule has 0 spiro atoms. The standard InChI is InChI=1S/C19H22BrN3O4/c1-26-18-12-23(13-19(25)21-15-4-2-14(20)3-5-15)16(10-17(18)24)11-22-6-8-27-9-7-22/h2-5,10,12H,6-9,11,13H2,1H3,(H,21,25). The van der Waals surface area contributed by atoms with Crippen molar-refractivity contribution in [3.8, 4) is 5.75 Å². The Morgan fingerprint density at radius 2 is 1.96 bits per heavy atom. The second-order valence-corrected chi connectivity index (χ2v) is 7.18. The molecular weight excluding hydrogens is 414 g/mol. The summed E-state index contributed by atoms with van der Waals surface area (Å²) in [5.74, 6) is 0.0448. The normalized spacial score (nSPS) is 14.7. The van der Waals surface area contributed by atoms with Crippen LogP contribution in [0.15, 0.2) is 45.8 Å². The smallest absolute Gasteiger partial charge is 0.244 e. The minimum absolute atomic E-state index is 0.0897. The maximum absolute atomic E-state index is 12.5. The number of aromatic nitrogens is 1. The van der Waals surface area contributed by atoms with Gasteiger partial charge in [0.05, 0.1) is 26.5 Å². The molecular formula is C19H22BrN3O4. The van der Waals surface area contributed by atoms with Crippen LogP contribution in [0.1, 0.15) is 5.69 Å². The number of hydrogen-bond donors (Lipinski definition) is 1. The van der Waals surface area contributed by atoms with Crippen LogP contribution in [0.25, 0.3) is 0 Å². The number of pyridine rings is 1. The highest BCUT2D eigenvalue weighted by Gasteiger charge is 2.16. The molecule has 1 aliphatic rings. The molecule has 0 atom stereocenters. The van der Waals surface area contributed by atoms with Gasteiger partial charge in [-0.2, -0.15) is 0 Å². The van der Waals surface area contributed by atoms with Crippen molar-refractivity contribution in [2.24, 2.45) is 0 Å². The first-order valence-corrected chi connectivity index (χ1v) is 9.47. The Labute approximate surface area is 166 Å². The molecule has 1 aromatic carbocycles. The fourth-order valence-corrected chi connectivity index (χ4v) is 3.17. The van der Waals surface area contributed by atoms with Crippen LogP contribution >= 0.6 is 15.9 Å². The van der Waals surface area contributed by atoms with Gasteiger partial charge in [-0.25, -0.2) is 0 Å². The van der Waals surface area contributed by atoms with Crippen molar-refractivity contribution in [3.05, 3.63) is 56.9 Å². The highest BCUT2D eigenvalue weighted by Crippen LogP contribution is 2.15. The zero-order valence-electron chi connectivity index (χ0n) is 15.1. The van der Waals surface area contributed by atoms with Crippen LogP contribution in [-0.2, 0) is 22.6 Å². The summed E-state index contributed by atoms with van der Waals surface area (Å²) in [4.78, 5) is 26.9. The van der Waals surface area contributed by atoms with Gasteiger partial charge in [-0.05, 0) is 24.3 Å². The van der Waals surface area contributed by atoms with E-state index in [0.29, 0.717) is 25.4 Å². The van der Waals surface area contributed by atoms with E-state index >= 15 is 0 Å². The van der Waals surface area contributed by atoms with Gasteiger partial charge in [-0.3, -0.25) is 14.5 Å². The van der Waals surface area contributed by atoms with Crippen molar-refractivity contribution in [2.45, 2.75) is 13.1 Å². The minimum atomic E-state index is -0.190. The molecule has 2 aromatic rings. The quantitative estimate of drug-likeness (QED) is 0.751. The molecule has 0 aliphatic carbocycles. The van der Waals surface area contributed by atoms with Crippen LogP contribution in [0.3, 0.4) is 0 Å².